The molecule has 0 unspecified atom stereocenters. The van der Waals surface area contributed by atoms with Crippen molar-refractivity contribution in [1.82, 2.24) is 4.98 Å². The van der Waals surface area contributed by atoms with Gasteiger partial charge in [0, 0.05) is 23.6 Å². The number of carbonyl (C=O) groups excluding carboxylic acids is 1. The van der Waals surface area contributed by atoms with Gasteiger partial charge in [-0.25, -0.2) is 0 Å². The largest absolute Gasteiger partial charge is 0.497 e. The van der Waals surface area contributed by atoms with Gasteiger partial charge in [-0.1, -0.05) is 18.9 Å². The van der Waals surface area contributed by atoms with Gasteiger partial charge in [-0.2, -0.15) is 0 Å². The zero-order valence-electron chi connectivity index (χ0n) is 11.6. The summed E-state index contributed by atoms with van der Waals surface area (Å²) in [5.74, 6) is 0.967. The number of nitrogens with zero attached hydrogens (tertiary/aromatic N) is 1. The zero-order valence-corrected chi connectivity index (χ0v) is 11.6. The van der Waals surface area contributed by atoms with Gasteiger partial charge in [0.05, 0.1) is 18.3 Å². The molecule has 0 aliphatic heterocycles. The Balaban J connectivity index is 1.94. The van der Waals surface area contributed by atoms with Crippen LogP contribution < -0.4 is 10.1 Å². The minimum atomic E-state index is 0.0997. The number of nitrogens with one attached hydrogen (secondary N) is 1. The van der Waals surface area contributed by atoms with Crippen LogP contribution in [0.25, 0.3) is 10.9 Å². The second-order valence-corrected chi connectivity index (χ2v) is 5.22. The smallest absolute Gasteiger partial charge is 0.227 e. The van der Waals surface area contributed by atoms with Gasteiger partial charge < -0.3 is 10.1 Å². The molecule has 104 valence electrons. The lowest BCUT2D eigenvalue weighted by molar-refractivity contribution is -0.119. The molecule has 1 amide bonds. The van der Waals surface area contributed by atoms with Gasteiger partial charge >= 0.3 is 0 Å². The number of aromatic nitrogens is 1. The van der Waals surface area contributed by atoms with E-state index < -0.39 is 0 Å². The van der Waals surface area contributed by atoms with Gasteiger partial charge in [0.15, 0.2) is 0 Å². The summed E-state index contributed by atoms with van der Waals surface area (Å²) in [6.07, 6.45) is 6.01. The van der Waals surface area contributed by atoms with Crippen molar-refractivity contribution < 1.29 is 9.53 Å². The SMILES string of the molecule is COc1cc(NC(=O)C2CCCC2)c2ncccc2c1. The number of methoxy groups -OCH3 is 1. The normalized spacial score (nSPS) is 15.4. The van der Waals surface area contributed by atoms with Crippen LogP contribution in [0, 0.1) is 5.92 Å². The summed E-state index contributed by atoms with van der Waals surface area (Å²) in [7, 11) is 1.63. The first-order valence-electron chi connectivity index (χ1n) is 7.01. The Kier molecular flexibility index (Phi) is 3.54. The molecule has 0 spiro atoms. The Morgan fingerprint density at radius 1 is 1.35 bits per heavy atom. The van der Waals surface area contributed by atoms with E-state index in [1.165, 1.54) is 0 Å². The molecule has 2 aromatic rings. The number of carbonyl (C=O) groups is 1. The standard InChI is InChI=1S/C16H18N2O2/c1-20-13-9-12-7-4-8-17-15(12)14(10-13)18-16(19)11-5-2-3-6-11/h4,7-11H,2-3,5-6H2,1H3,(H,18,19). The molecule has 1 N–H and O–H groups in total. The van der Waals surface area contributed by atoms with Crippen LogP contribution >= 0.6 is 0 Å². The predicted molar refractivity (Wildman–Crippen MR) is 78.9 cm³/mol. The van der Waals surface area contributed by atoms with Crippen molar-refractivity contribution in [1.29, 1.82) is 0 Å². The number of pyridine rings is 1. The molecular formula is C16H18N2O2. The van der Waals surface area contributed by atoms with Gasteiger partial charge in [0.2, 0.25) is 5.91 Å². The first-order valence-corrected chi connectivity index (χ1v) is 7.01. The summed E-state index contributed by atoms with van der Waals surface area (Å²) in [4.78, 5) is 16.6. The maximum Gasteiger partial charge on any atom is 0.227 e. The third-order valence-corrected chi connectivity index (χ3v) is 3.90. The second-order valence-electron chi connectivity index (χ2n) is 5.22. The minimum absolute atomic E-state index is 0.0997. The van der Waals surface area contributed by atoms with Crippen LogP contribution in [0.2, 0.25) is 0 Å². The third-order valence-electron chi connectivity index (χ3n) is 3.90. The maximum atomic E-state index is 12.3. The van der Waals surface area contributed by atoms with Crippen molar-refractivity contribution >= 4 is 22.5 Å². The van der Waals surface area contributed by atoms with Crippen molar-refractivity contribution in [2.75, 3.05) is 12.4 Å². The van der Waals surface area contributed by atoms with Gasteiger partial charge in [0.1, 0.15) is 5.75 Å². The van der Waals surface area contributed by atoms with Gasteiger partial charge in [-0.15, -0.1) is 0 Å². The van der Waals surface area contributed by atoms with Crippen molar-refractivity contribution in [3.8, 4) is 5.75 Å². The number of amides is 1. The number of ether oxygens (including phenoxy) is 1. The molecule has 0 atom stereocenters. The van der Waals surface area contributed by atoms with E-state index in [-0.39, 0.29) is 11.8 Å². The highest BCUT2D eigenvalue weighted by Crippen LogP contribution is 2.30. The molecule has 20 heavy (non-hydrogen) atoms. The fraction of sp³-hybridized carbons (Fsp3) is 0.375. The second kappa shape index (κ2) is 5.49. The summed E-state index contributed by atoms with van der Waals surface area (Å²) in [5.41, 5.74) is 1.54. The van der Waals surface area contributed by atoms with Gasteiger partial charge in [-0.05, 0) is 25.0 Å². The van der Waals surface area contributed by atoms with Crippen LogP contribution in [-0.2, 0) is 4.79 Å². The lowest BCUT2D eigenvalue weighted by atomic mass is 10.1. The van der Waals surface area contributed by atoms with E-state index in [4.69, 9.17) is 4.74 Å². The molecule has 1 heterocycles. The summed E-state index contributed by atoms with van der Waals surface area (Å²) >= 11 is 0. The van der Waals surface area contributed by atoms with Gasteiger partial charge in [0.25, 0.3) is 0 Å². The van der Waals surface area contributed by atoms with Gasteiger partial charge in [-0.3, -0.25) is 9.78 Å². The summed E-state index contributed by atoms with van der Waals surface area (Å²) in [6.45, 7) is 0. The predicted octanol–water partition coefficient (Wildman–Crippen LogP) is 3.37. The Labute approximate surface area is 118 Å². The van der Waals surface area contributed by atoms with Crippen LogP contribution in [0.4, 0.5) is 5.69 Å². The number of hydrogen-bond acceptors (Lipinski definition) is 3. The van der Waals surface area contributed by atoms with E-state index in [0.717, 1.165) is 48.0 Å². The average molecular weight is 270 g/mol. The Bertz CT molecular complexity index is 633. The van der Waals surface area contributed by atoms with E-state index in [9.17, 15) is 4.79 Å². The highest BCUT2D eigenvalue weighted by molar-refractivity contribution is 6.01. The average Bonchev–Trinajstić information content (AvgIpc) is 3.01. The molecule has 1 fully saturated rings. The first kappa shape index (κ1) is 12.9. The molecule has 1 aromatic heterocycles. The maximum absolute atomic E-state index is 12.3. The summed E-state index contributed by atoms with van der Waals surface area (Å²) in [5, 5.41) is 3.99. The lowest BCUT2D eigenvalue weighted by Crippen LogP contribution is -2.20. The minimum Gasteiger partial charge on any atom is -0.497 e. The van der Waals surface area contributed by atoms with Crippen molar-refractivity contribution in [2.45, 2.75) is 25.7 Å². The topological polar surface area (TPSA) is 51.2 Å². The molecule has 4 heteroatoms. The van der Waals surface area contributed by atoms with E-state index in [1.54, 1.807) is 13.3 Å². The Morgan fingerprint density at radius 3 is 2.90 bits per heavy atom. The number of anilines is 1. The number of rotatable bonds is 3. The summed E-state index contributed by atoms with van der Waals surface area (Å²) < 4.78 is 5.29. The molecule has 1 aromatic carbocycles. The Hall–Kier alpha value is -2.10. The Morgan fingerprint density at radius 2 is 2.15 bits per heavy atom. The molecule has 1 aliphatic rings. The van der Waals surface area contributed by atoms with Crippen molar-refractivity contribution in [3.63, 3.8) is 0 Å². The number of benzene rings is 1. The van der Waals surface area contributed by atoms with E-state index in [0.29, 0.717) is 0 Å². The molecule has 0 saturated heterocycles. The third kappa shape index (κ3) is 2.46. The fourth-order valence-electron chi connectivity index (χ4n) is 2.80. The van der Waals surface area contributed by atoms with Crippen molar-refractivity contribution in [2.24, 2.45) is 5.92 Å². The number of fused-ring (bicyclic) bond motifs is 1. The van der Waals surface area contributed by atoms with E-state index in [2.05, 4.69) is 10.3 Å². The van der Waals surface area contributed by atoms with E-state index in [1.807, 2.05) is 24.3 Å². The van der Waals surface area contributed by atoms with Crippen LogP contribution in [0.15, 0.2) is 30.5 Å². The van der Waals surface area contributed by atoms with Crippen LogP contribution in [0.3, 0.4) is 0 Å². The van der Waals surface area contributed by atoms with Crippen molar-refractivity contribution in [3.05, 3.63) is 30.5 Å². The van der Waals surface area contributed by atoms with Crippen LogP contribution in [-0.4, -0.2) is 18.0 Å². The van der Waals surface area contributed by atoms with Crippen LogP contribution in [0.1, 0.15) is 25.7 Å². The van der Waals surface area contributed by atoms with E-state index >= 15 is 0 Å². The molecule has 1 aliphatic carbocycles. The number of hydrogen-bond donors (Lipinski definition) is 1. The van der Waals surface area contributed by atoms with Crippen LogP contribution in [0.5, 0.6) is 5.75 Å². The molecule has 0 radical (unpaired) electrons. The zero-order chi connectivity index (χ0) is 13.9. The summed E-state index contributed by atoms with van der Waals surface area (Å²) in [6, 6.07) is 7.61. The fourth-order valence-corrected chi connectivity index (χ4v) is 2.80. The molecule has 4 nitrogen and oxygen atoms in total. The molecule has 3 rings (SSSR count). The monoisotopic (exact) mass is 270 g/mol. The first-order chi connectivity index (χ1) is 9.78. The molecular weight excluding hydrogens is 252 g/mol. The molecule has 0 bridgehead atoms. The molecule has 1 saturated carbocycles. The quantitative estimate of drug-likeness (QED) is 0.930. The lowest BCUT2D eigenvalue weighted by Gasteiger charge is -2.13. The highest BCUT2D eigenvalue weighted by atomic mass is 16.5. The highest BCUT2D eigenvalue weighted by Gasteiger charge is 2.23.